The molecule has 0 fully saturated rings. The summed E-state index contributed by atoms with van der Waals surface area (Å²) in [6, 6.07) is 4.97. The highest BCUT2D eigenvalue weighted by Gasteiger charge is 2.05. The summed E-state index contributed by atoms with van der Waals surface area (Å²) < 4.78 is 18.8. The lowest BCUT2D eigenvalue weighted by Crippen LogP contribution is -2.20. The fourth-order valence-corrected chi connectivity index (χ4v) is 1.83. The molecule has 19 heavy (non-hydrogen) atoms. The monoisotopic (exact) mass is 265 g/mol. The van der Waals surface area contributed by atoms with Crippen molar-refractivity contribution in [1.82, 2.24) is 5.32 Å². The van der Waals surface area contributed by atoms with Crippen molar-refractivity contribution in [2.75, 3.05) is 20.2 Å². The zero-order valence-electron chi connectivity index (χ0n) is 12.3. The minimum Gasteiger partial charge on any atom is -0.497 e. The predicted molar refractivity (Wildman–Crippen MR) is 78.9 cm³/mol. The third-order valence-electron chi connectivity index (χ3n) is 2.93. The standard InChI is InChI=1S/C16H24FNO/c1-12(2)11-18-9-5-6-13(3)15-8-7-14(19-4)10-16(15)17/h6-8,10,12,18H,5,9,11H2,1-4H3/b13-6+. The molecule has 0 aliphatic rings. The number of ether oxygens (including phenoxy) is 1. The molecule has 1 N–H and O–H groups in total. The van der Waals surface area contributed by atoms with E-state index in [1.807, 2.05) is 6.92 Å². The van der Waals surface area contributed by atoms with E-state index in [1.54, 1.807) is 12.1 Å². The maximum absolute atomic E-state index is 13.8. The zero-order valence-corrected chi connectivity index (χ0v) is 12.3. The Morgan fingerprint density at radius 2 is 2.16 bits per heavy atom. The Hall–Kier alpha value is -1.35. The fraction of sp³-hybridized carbons (Fsp3) is 0.500. The maximum atomic E-state index is 13.8. The summed E-state index contributed by atoms with van der Waals surface area (Å²) in [5.74, 6) is 0.972. The van der Waals surface area contributed by atoms with Gasteiger partial charge in [0.2, 0.25) is 0 Å². The van der Waals surface area contributed by atoms with Crippen molar-refractivity contribution in [1.29, 1.82) is 0 Å². The Kier molecular flexibility index (Phi) is 6.57. The number of hydrogen-bond acceptors (Lipinski definition) is 2. The van der Waals surface area contributed by atoms with Gasteiger partial charge in [-0.15, -0.1) is 0 Å². The molecule has 0 saturated heterocycles. The molecule has 1 rings (SSSR count). The molecule has 0 unspecified atom stereocenters. The second kappa shape index (κ2) is 7.95. The lowest BCUT2D eigenvalue weighted by Gasteiger charge is -2.08. The molecule has 0 aliphatic heterocycles. The number of benzene rings is 1. The predicted octanol–water partition coefficient (Wildman–Crippen LogP) is 3.87. The number of nitrogens with one attached hydrogen (secondary N) is 1. The SMILES string of the molecule is COc1ccc(/C(C)=C/CCNCC(C)C)c(F)c1. The van der Waals surface area contributed by atoms with Gasteiger partial charge in [0.15, 0.2) is 0 Å². The normalized spacial score (nSPS) is 12.0. The molecule has 0 saturated carbocycles. The lowest BCUT2D eigenvalue weighted by molar-refractivity contribution is 0.411. The molecule has 106 valence electrons. The molecule has 0 spiro atoms. The van der Waals surface area contributed by atoms with Crippen LogP contribution in [0.1, 0.15) is 32.8 Å². The van der Waals surface area contributed by atoms with Gasteiger partial charge in [0.05, 0.1) is 7.11 Å². The first-order valence-electron chi connectivity index (χ1n) is 6.76. The molecule has 0 aromatic heterocycles. The summed E-state index contributed by atoms with van der Waals surface area (Å²) in [5.41, 5.74) is 1.61. The minimum absolute atomic E-state index is 0.233. The third-order valence-corrected chi connectivity index (χ3v) is 2.93. The van der Waals surface area contributed by atoms with Crippen LogP contribution in [0.25, 0.3) is 5.57 Å². The first-order chi connectivity index (χ1) is 9.04. The molecule has 0 amide bonds. The van der Waals surface area contributed by atoms with Gasteiger partial charge in [-0.3, -0.25) is 0 Å². The number of methoxy groups -OCH3 is 1. The topological polar surface area (TPSA) is 21.3 Å². The zero-order chi connectivity index (χ0) is 14.3. The van der Waals surface area contributed by atoms with Crippen LogP contribution in [0.5, 0.6) is 5.75 Å². The smallest absolute Gasteiger partial charge is 0.134 e. The Balaban J connectivity index is 2.54. The van der Waals surface area contributed by atoms with Crippen LogP contribution in [0.15, 0.2) is 24.3 Å². The van der Waals surface area contributed by atoms with E-state index in [0.717, 1.165) is 25.1 Å². The largest absolute Gasteiger partial charge is 0.497 e. The molecular formula is C16H24FNO. The average molecular weight is 265 g/mol. The van der Waals surface area contributed by atoms with E-state index < -0.39 is 0 Å². The highest BCUT2D eigenvalue weighted by molar-refractivity contribution is 5.64. The van der Waals surface area contributed by atoms with Gasteiger partial charge in [0, 0.05) is 11.6 Å². The quantitative estimate of drug-likeness (QED) is 0.756. The van der Waals surface area contributed by atoms with E-state index in [9.17, 15) is 4.39 Å². The van der Waals surface area contributed by atoms with E-state index >= 15 is 0 Å². The van der Waals surface area contributed by atoms with Gasteiger partial charge in [0.25, 0.3) is 0 Å². The van der Waals surface area contributed by atoms with E-state index in [-0.39, 0.29) is 5.82 Å². The highest BCUT2D eigenvalue weighted by atomic mass is 19.1. The highest BCUT2D eigenvalue weighted by Crippen LogP contribution is 2.22. The van der Waals surface area contributed by atoms with Crippen molar-refractivity contribution in [2.24, 2.45) is 5.92 Å². The number of halogens is 1. The van der Waals surface area contributed by atoms with E-state index in [0.29, 0.717) is 17.2 Å². The van der Waals surface area contributed by atoms with Crippen molar-refractivity contribution >= 4 is 5.57 Å². The number of allylic oxidation sites excluding steroid dienone is 1. The number of hydrogen-bond donors (Lipinski definition) is 1. The Bertz CT molecular complexity index is 427. The molecule has 3 heteroatoms. The van der Waals surface area contributed by atoms with Crippen LogP contribution < -0.4 is 10.1 Å². The Morgan fingerprint density at radius 3 is 2.74 bits per heavy atom. The molecular weight excluding hydrogens is 241 g/mol. The van der Waals surface area contributed by atoms with Crippen LogP contribution in [0.2, 0.25) is 0 Å². The summed E-state index contributed by atoms with van der Waals surface area (Å²) in [6.07, 6.45) is 2.97. The Labute approximate surface area is 115 Å². The summed E-state index contributed by atoms with van der Waals surface area (Å²) >= 11 is 0. The minimum atomic E-state index is -0.233. The first kappa shape index (κ1) is 15.7. The summed E-state index contributed by atoms with van der Waals surface area (Å²) in [6.45, 7) is 8.24. The molecule has 0 atom stereocenters. The van der Waals surface area contributed by atoms with Crippen LogP contribution in [0, 0.1) is 11.7 Å². The van der Waals surface area contributed by atoms with Crippen LogP contribution in [0.4, 0.5) is 4.39 Å². The van der Waals surface area contributed by atoms with E-state index in [4.69, 9.17) is 4.74 Å². The molecule has 2 nitrogen and oxygen atoms in total. The van der Waals surface area contributed by atoms with Gasteiger partial charge in [-0.25, -0.2) is 4.39 Å². The van der Waals surface area contributed by atoms with Crippen LogP contribution in [-0.2, 0) is 0 Å². The molecule has 1 aromatic rings. The third kappa shape index (κ3) is 5.43. The summed E-state index contributed by atoms with van der Waals surface area (Å²) in [7, 11) is 1.54. The van der Waals surface area contributed by atoms with Crippen molar-refractivity contribution in [3.63, 3.8) is 0 Å². The average Bonchev–Trinajstić information content (AvgIpc) is 2.37. The Morgan fingerprint density at radius 1 is 1.42 bits per heavy atom. The van der Waals surface area contributed by atoms with Gasteiger partial charge in [-0.2, -0.15) is 0 Å². The molecule has 0 aliphatic carbocycles. The number of rotatable bonds is 7. The van der Waals surface area contributed by atoms with Gasteiger partial charge in [-0.1, -0.05) is 19.9 Å². The summed E-state index contributed by atoms with van der Waals surface area (Å²) in [5, 5.41) is 3.37. The van der Waals surface area contributed by atoms with Crippen LogP contribution >= 0.6 is 0 Å². The van der Waals surface area contributed by atoms with Gasteiger partial charge in [0.1, 0.15) is 11.6 Å². The van der Waals surface area contributed by atoms with Gasteiger partial charge in [-0.05, 0) is 50.1 Å². The molecule has 1 aromatic carbocycles. The molecule has 0 bridgehead atoms. The van der Waals surface area contributed by atoms with Crippen molar-refractivity contribution in [3.8, 4) is 5.75 Å². The van der Waals surface area contributed by atoms with E-state index in [1.165, 1.54) is 13.2 Å². The van der Waals surface area contributed by atoms with Gasteiger partial charge < -0.3 is 10.1 Å². The summed E-state index contributed by atoms with van der Waals surface area (Å²) in [4.78, 5) is 0. The molecule has 0 radical (unpaired) electrons. The molecule has 0 heterocycles. The van der Waals surface area contributed by atoms with E-state index in [2.05, 4.69) is 25.2 Å². The second-order valence-corrected chi connectivity index (χ2v) is 5.12. The fourth-order valence-electron chi connectivity index (χ4n) is 1.83. The van der Waals surface area contributed by atoms with Crippen LogP contribution in [0.3, 0.4) is 0 Å². The van der Waals surface area contributed by atoms with Crippen molar-refractivity contribution in [2.45, 2.75) is 27.2 Å². The lowest BCUT2D eigenvalue weighted by atomic mass is 10.1. The maximum Gasteiger partial charge on any atom is 0.134 e. The van der Waals surface area contributed by atoms with Crippen LogP contribution in [-0.4, -0.2) is 20.2 Å². The van der Waals surface area contributed by atoms with Crippen molar-refractivity contribution in [3.05, 3.63) is 35.7 Å². The first-order valence-corrected chi connectivity index (χ1v) is 6.76. The van der Waals surface area contributed by atoms with Gasteiger partial charge >= 0.3 is 0 Å². The second-order valence-electron chi connectivity index (χ2n) is 5.12. The van der Waals surface area contributed by atoms with Crippen molar-refractivity contribution < 1.29 is 9.13 Å².